The number of rotatable bonds is 1. The number of fused-ring (bicyclic) bond motifs is 1. The fraction of sp³-hybridized carbons (Fsp3) is 0.417. The van der Waals surface area contributed by atoms with Crippen molar-refractivity contribution < 1.29 is 4.42 Å². The summed E-state index contributed by atoms with van der Waals surface area (Å²) in [6.07, 6.45) is 3.71. The molecule has 0 aliphatic carbocycles. The summed E-state index contributed by atoms with van der Waals surface area (Å²) in [7, 11) is 0. The molecule has 1 aromatic heterocycles. The van der Waals surface area contributed by atoms with Crippen LogP contribution in [-0.4, -0.2) is 10.7 Å². The van der Waals surface area contributed by atoms with Gasteiger partial charge in [-0.15, -0.1) is 11.8 Å². The van der Waals surface area contributed by atoms with Crippen molar-refractivity contribution in [3.05, 3.63) is 22.5 Å². The van der Waals surface area contributed by atoms with E-state index < -0.39 is 0 Å². The Balaban J connectivity index is 2.03. The highest BCUT2D eigenvalue weighted by molar-refractivity contribution is 9.10. The molecule has 1 aromatic carbocycles. The predicted octanol–water partition coefficient (Wildman–Crippen LogP) is 4.13. The van der Waals surface area contributed by atoms with Gasteiger partial charge in [0.05, 0.1) is 10.9 Å². The number of hydrogen-bond acceptors (Lipinski definition) is 4. The Morgan fingerprint density at radius 3 is 3.06 bits per heavy atom. The summed E-state index contributed by atoms with van der Waals surface area (Å²) in [5.74, 6) is 2.03. The maximum absolute atomic E-state index is 5.93. The molecule has 1 unspecified atom stereocenters. The molecular weight excluding hydrogens is 300 g/mol. The Morgan fingerprint density at radius 1 is 1.41 bits per heavy atom. The van der Waals surface area contributed by atoms with Crippen LogP contribution in [0.3, 0.4) is 0 Å². The molecule has 90 valence electrons. The quantitative estimate of drug-likeness (QED) is 0.804. The van der Waals surface area contributed by atoms with Crippen LogP contribution in [0.5, 0.6) is 0 Å². The lowest BCUT2D eigenvalue weighted by Crippen LogP contribution is -2.01. The number of oxazole rings is 1. The zero-order valence-electron chi connectivity index (χ0n) is 9.28. The van der Waals surface area contributed by atoms with Gasteiger partial charge in [0.1, 0.15) is 5.52 Å². The van der Waals surface area contributed by atoms with Gasteiger partial charge in [-0.25, -0.2) is 4.98 Å². The molecule has 1 atom stereocenters. The average Bonchev–Trinajstić information content (AvgIpc) is 2.74. The smallest absolute Gasteiger partial charge is 0.208 e. The maximum atomic E-state index is 5.93. The average molecular weight is 313 g/mol. The van der Waals surface area contributed by atoms with Crippen LogP contribution in [0.25, 0.3) is 11.1 Å². The molecule has 2 N–H and O–H groups in total. The summed E-state index contributed by atoms with van der Waals surface area (Å²) < 4.78 is 6.76. The first-order valence-corrected chi connectivity index (χ1v) is 7.55. The molecule has 3 nitrogen and oxygen atoms in total. The first-order valence-electron chi connectivity index (χ1n) is 5.71. The predicted molar refractivity (Wildman–Crippen MR) is 75.2 cm³/mol. The van der Waals surface area contributed by atoms with Gasteiger partial charge >= 0.3 is 0 Å². The Labute approximate surface area is 112 Å². The summed E-state index contributed by atoms with van der Waals surface area (Å²) >= 11 is 5.35. The molecule has 0 spiro atoms. The molecule has 2 aromatic rings. The second kappa shape index (κ2) is 4.53. The van der Waals surface area contributed by atoms with Crippen LogP contribution in [-0.2, 0) is 0 Å². The second-order valence-electron chi connectivity index (χ2n) is 4.25. The molecule has 1 saturated heterocycles. The number of thioether (sulfide) groups is 1. The minimum Gasteiger partial charge on any atom is -0.437 e. The second-order valence-corrected chi connectivity index (χ2v) is 6.48. The molecule has 1 aliphatic rings. The number of benzene rings is 1. The molecule has 1 aliphatic heterocycles. The highest BCUT2D eigenvalue weighted by atomic mass is 79.9. The third kappa shape index (κ3) is 2.18. The van der Waals surface area contributed by atoms with Gasteiger partial charge in [0.2, 0.25) is 5.89 Å². The van der Waals surface area contributed by atoms with Gasteiger partial charge < -0.3 is 10.2 Å². The zero-order chi connectivity index (χ0) is 11.8. The lowest BCUT2D eigenvalue weighted by atomic mass is 10.2. The van der Waals surface area contributed by atoms with E-state index in [1.54, 1.807) is 0 Å². The Hall–Kier alpha value is -0.680. The Morgan fingerprint density at radius 2 is 2.29 bits per heavy atom. The van der Waals surface area contributed by atoms with Crippen LogP contribution in [0.15, 0.2) is 21.0 Å². The number of anilines is 1. The van der Waals surface area contributed by atoms with Gasteiger partial charge in [0.15, 0.2) is 5.58 Å². The fourth-order valence-corrected chi connectivity index (χ4v) is 3.81. The molecule has 2 heterocycles. The first kappa shape index (κ1) is 11.4. The van der Waals surface area contributed by atoms with E-state index in [1.807, 2.05) is 23.9 Å². The third-order valence-electron chi connectivity index (χ3n) is 2.96. The van der Waals surface area contributed by atoms with Gasteiger partial charge in [-0.05, 0) is 30.7 Å². The normalized spacial score (nSPS) is 20.9. The summed E-state index contributed by atoms with van der Waals surface area (Å²) in [4.78, 5) is 4.56. The Bertz CT molecular complexity index is 549. The van der Waals surface area contributed by atoms with Crippen LogP contribution in [0, 0.1) is 0 Å². The van der Waals surface area contributed by atoms with Crippen molar-refractivity contribution in [2.75, 3.05) is 11.5 Å². The molecule has 0 bridgehead atoms. The van der Waals surface area contributed by atoms with E-state index in [-0.39, 0.29) is 0 Å². The number of halogens is 1. The summed E-state index contributed by atoms with van der Waals surface area (Å²) in [5, 5.41) is 0.398. The first-order chi connectivity index (χ1) is 8.24. The highest BCUT2D eigenvalue weighted by Crippen LogP contribution is 2.39. The van der Waals surface area contributed by atoms with Gasteiger partial charge in [0.25, 0.3) is 0 Å². The van der Waals surface area contributed by atoms with E-state index in [9.17, 15) is 0 Å². The number of hydrogen-bond donors (Lipinski definition) is 1. The van der Waals surface area contributed by atoms with Crippen molar-refractivity contribution >= 4 is 44.5 Å². The molecule has 5 heteroatoms. The van der Waals surface area contributed by atoms with E-state index in [0.29, 0.717) is 10.9 Å². The lowest BCUT2D eigenvalue weighted by molar-refractivity contribution is 0.502. The molecule has 17 heavy (non-hydrogen) atoms. The van der Waals surface area contributed by atoms with Crippen molar-refractivity contribution in [3.8, 4) is 0 Å². The third-order valence-corrected chi connectivity index (χ3v) is 4.78. The van der Waals surface area contributed by atoms with Gasteiger partial charge in [-0.1, -0.05) is 22.4 Å². The highest BCUT2D eigenvalue weighted by Gasteiger charge is 2.22. The van der Waals surface area contributed by atoms with Gasteiger partial charge in [-0.2, -0.15) is 0 Å². The van der Waals surface area contributed by atoms with E-state index >= 15 is 0 Å². The minimum atomic E-state index is 0.398. The van der Waals surface area contributed by atoms with Crippen LogP contribution in [0.2, 0.25) is 0 Å². The van der Waals surface area contributed by atoms with E-state index in [0.717, 1.165) is 27.9 Å². The van der Waals surface area contributed by atoms with E-state index in [2.05, 4.69) is 20.9 Å². The van der Waals surface area contributed by atoms with Crippen LogP contribution in [0.1, 0.15) is 30.4 Å². The number of nitrogens with zero attached hydrogens (tertiary/aromatic N) is 1. The van der Waals surface area contributed by atoms with E-state index in [1.165, 1.54) is 18.6 Å². The van der Waals surface area contributed by atoms with Crippen LogP contribution in [0.4, 0.5) is 5.69 Å². The van der Waals surface area contributed by atoms with Crippen molar-refractivity contribution in [1.29, 1.82) is 0 Å². The largest absolute Gasteiger partial charge is 0.437 e. The summed E-state index contributed by atoms with van der Waals surface area (Å²) in [6, 6.07) is 3.80. The SMILES string of the molecule is Nc1cc(Br)cc2nc(C3CCCCS3)oc12. The molecule has 0 radical (unpaired) electrons. The fourth-order valence-electron chi connectivity index (χ4n) is 2.11. The van der Waals surface area contributed by atoms with Gasteiger partial charge in [-0.3, -0.25) is 0 Å². The van der Waals surface area contributed by atoms with Gasteiger partial charge in [0, 0.05) is 4.47 Å². The minimum absolute atomic E-state index is 0.398. The summed E-state index contributed by atoms with van der Waals surface area (Å²) in [5.41, 5.74) is 8.14. The molecular formula is C12H13BrN2OS. The van der Waals surface area contributed by atoms with E-state index in [4.69, 9.17) is 10.2 Å². The monoisotopic (exact) mass is 312 g/mol. The van der Waals surface area contributed by atoms with Crippen molar-refractivity contribution in [3.63, 3.8) is 0 Å². The van der Waals surface area contributed by atoms with Crippen molar-refractivity contribution in [1.82, 2.24) is 4.98 Å². The van der Waals surface area contributed by atoms with Crippen LogP contribution < -0.4 is 5.73 Å². The van der Waals surface area contributed by atoms with Crippen molar-refractivity contribution in [2.24, 2.45) is 0 Å². The maximum Gasteiger partial charge on any atom is 0.208 e. The molecule has 0 amide bonds. The molecule has 1 fully saturated rings. The standard InChI is InChI=1S/C12H13BrN2OS/c13-7-5-8(14)11-9(6-7)15-12(16-11)10-3-1-2-4-17-10/h5-6,10H,1-4,14H2. The Kier molecular flexibility index (Phi) is 3.04. The summed E-state index contributed by atoms with van der Waals surface area (Å²) in [6.45, 7) is 0. The lowest BCUT2D eigenvalue weighted by Gasteiger charge is -2.17. The number of nitrogen functional groups attached to an aromatic ring is 1. The topological polar surface area (TPSA) is 52.0 Å². The molecule has 3 rings (SSSR count). The number of aromatic nitrogens is 1. The van der Waals surface area contributed by atoms with Crippen LogP contribution >= 0.6 is 27.7 Å². The number of nitrogens with two attached hydrogens (primary N) is 1. The zero-order valence-corrected chi connectivity index (χ0v) is 11.7. The van der Waals surface area contributed by atoms with Crippen molar-refractivity contribution in [2.45, 2.75) is 24.5 Å². The molecule has 0 saturated carbocycles.